The second-order valence-electron chi connectivity index (χ2n) is 4.70. The van der Waals surface area contributed by atoms with Crippen LogP contribution in [0.15, 0.2) is 16.8 Å². The van der Waals surface area contributed by atoms with Crippen LogP contribution in [0.4, 0.5) is 0 Å². The maximum Gasteiger partial charge on any atom is 0.255 e. The van der Waals surface area contributed by atoms with Crippen LogP contribution in [-0.2, 0) is 0 Å². The topological polar surface area (TPSA) is 23.6 Å². The number of carbonyl (C=O) groups is 1. The fourth-order valence-electron chi connectivity index (χ4n) is 3.01. The first-order valence-corrected chi connectivity index (χ1v) is 6.75. The third-order valence-corrected chi connectivity index (χ3v) is 4.57. The van der Waals surface area contributed by atoms with Gasteiger partial charge >= 0.3 is 0 Å². The molecule has 4 heteroatoms. The van der Waals surface area contributed by atoms with Crippen LogP contribution in [0.2, 0.25) is 0 Å². The molecule has 3 rings (SSSR count). The summed E-state index contributed by atoms with van der Waals surface area (Å²) in [5, 5.41) is 3.93. The number of likely N-dealkylation sites (N-methyl/N-ethyl adjacent to an activating group) is 1. The fourth-order valence-corrected chi connectivity index (χ4v) is 3.64. The van der Waals surface area contributed by atoms with E-state index in [0.29, 0.717) is 12.1 Å². The van der Waals surface area contributed by atoms with E-state index in [1.807, 2.05) is 16.8 Å². The third kappa shape index (κ3) is 1.48. The molecule has 0 aromatic carbocycles. The van der Waals surface area contributed by atoms with Crippen LogP contribution in [0.3, 0.4) is 0 Å². The molecule has 86 valence electrons. The van der Waals surface area contributed by atoms with Crippen molar-refractivity contribution in [1.29, 1.82) is 0 Å². The highest BCUT2D eigenvalue weighted by molar-refractivity contribution is 7.08. The van der Waals surface area contributed by atoms with Crippen LogP contribution in [-0.4, -0.2) is 47.9 Å². The van der Waals surface area contributed by atoms with Crippen molar-refractivity contribution in [2.75, 3.05) is 20.1 Å². The van der Waals surface area contributed by atoms with Crippen molar-refractivity contribution in [3.63, 3.8) is 0 Å². The summed E-state index contributed by atoms with van der Waals surface area (Å²) in [6.45, 7) is 2.05. The summed E-state index contributed by atoms with van der Waals surface area (Å²) in [6.07, 6.45) is 2.27. The summed E-state index contributed by atoms with van der Waals surface area (Å²) in [5.41, 5.74) is 0.861. The van der Waals surface area contributed by atoms with Gasteiger partial charge in [-0.1, -0.05) is 0 Å². The highest BCUT2D eigenvalue weighted by Gasteiger charge is 2.42. The molecule has 2 aliphatic heterocycles. The molecule has 0 radical (unpaired) electrons. The van der Waals surface area contributed by atoms with Gasteiger partial charge < -0.3 is 9.80 Å². The average Bonchev–Trinajstić information content (AvgIpc) is 2.95. The van der Waals surface area contributed by atoms with Crippen LogP contribution in [0.5, 0.6) is 0 Å². The second kappa shape index (κ2) is 3.86. The van der Waals surface area contributed by atoms with E-state index >= 15 is 0 Å². The molecule has 2 fully saturated rings. The average molecular weight is 236 g/mol. The molecule has 1 aromatic rings. The summed E-state index contributed by atoms with van der Waals surface area (Å²) in [7, 11) is 2.17. The van der Waals surface area contributed by atoms with Crippen molar-refractivity contribution in [3.05, 3.63) is 22.4 Å². The molecule has 3 nitrogen and oxygen atoms in total. The molecule has 0 aliphatic carbocycles. The van der Waals surface area contributed by atoms with Crippen molar-refractivity contribution < 1.29 is 4.79 Å². The molecule has 2 saturated heterocycles. The molecule has 0 saturated carbocycles. The zero-order valence-electron chi connectivity index (χ0n) is 9.43. The second-order valence-corrected chi connectivity index (χ2v) is 5.48. The first-order chi connectivity index (χ1) is 7.77. The van der Waals surface area contributed by atoms with E-state index < -0.39 is 0 Å². The molecule has 2 aliphatic rings. The number of carbonyl (C=O) groups excluding carboxylic acids is 1. The summed E-state index contributed by atoms with van der Waals surface area (Å²) in [6, 6.07) is 2.99. The highest BCUT2D eigenvalue weighted by atomic mass is 32.1. The van der Waals surface area contributed by atoms with E-state index in [0.717, 1.165) is 31.5 Å². The Morgan fingerprint density at radius 2 is 2.19 bits per heavy atom. The van der Waals surface area contributed by atoms with Gasteiger partial charge in [0, 0.05) is 30.6 Å². The molecule has 2 atom stereocenters. The third-order valence-electron chi connectivity index (χ3n) is 3.88. The number of hydrogen-bond acceptors (Lipinski definition) is 3. The molecule has 3 heterocycles. The Morgan fingerprint density at radius 3 is 2.94 bits per heavy atom. The van der Waals surface area contributed by atoms with Crippen molar-refractivity contribution in [2.24, 2.45) is 0 Å². The quantitative estimate of drug-likeness (QED) is 0.740. The van der Waals surface area contributed by atoms with E-state index in [1.54, 1.807) is 11.3 Å². The lowest BCUT2D eigenvalue weighted by atomic mass is 10.1. The zero-order chi connectivity index (χ0) is 11.1. The predicted molar refractivity (Wildman–Crippen MR) is 64.8 cm³/mol. The number of rotatable bonds is 1. The number of likely N-dealkylation sites (tertiary alicyclic amines) is 2. The lowest BCUT2D eigenvalue weighted by molar-refractivity contribution is 0.0734. The molecular formula is C12H16N2OS. The number of amides is 1. The minimum atomic E-state index is 0.226. The number of thiophene rings is 1. The van der Waals surface area contributed by atoms with Gasteiger partial charge in [0.1, 0.15) is 0 Å². The maximum absolute atomic E-state index is 12.3. The van der Waals surface area contributed by atoms with Gasteiger partial charge in [-0.05, 0) is 31.3 Å². The highest BCUT2D eigenvalue weighted by Crippen LogP contribution is 2.31. The lowest BCUT2D eigenvalue weighted by Crippen LogP contribution is -2.38. The van der Waals surface area contributed by atoms with Gasteiger partial charge in [-0.3, -0.25) is 4.79 Å². The largest absolute Gasteiger partial charge is 0.334 e. The van der Waals surface area contributed by atoms with Gasteiger partial charge in [0.2, 0.25) is 0 Å². The lowest BCUT2D eigenvalue weighted by Gasteiger charge is -2.23. The monoisotopic (exact) mass is 236 g/mol. The summed E-state index contributed by atoms with van der Waals surface area (Å²) < 4.78 is 0. The smallest absolute Gasteiger partial charge is 0.255 e. The van der Waals surface area contributed by atoms with Gasteiger partial charge in [0.25, 0.3) is 5.91 Å². The predicted octanol–water partition coefficient (Wildman–Crippen LogP) is 1.67. The molecular weight excluding hydrogens is 220 g/mol. The van der Waals surface area contributed by atoms with Crippen molar-refractivity contribution in [1.82, 2.24) is 9.80 Å². The van der Waals surface area contributed by atoms with Gasteiger partial charge in [-0.25, -0.2) is 0 Å². The van der Waals surface area contributed by atoms with Crippen molar-refractivity contribution >= 4 is 17.2 Å². The van der Waals surface area contributed by atoms with Gasteiger partial charge in [0.15, 0.2) is 0 Å². The number of fused-ring (bicyclic) bond motifs is 1. The van der Waals surface area contributed by atoms with E-state index in [-0.39, 0.29) is 5.91 Å². The van der Waals surface area contributed by atoms with Gasteiger partial charge in [-0.2, -0.15) is 11.3 Å². The Balaban J connectivity index is 1.80. The number of nitrogens with zero attached hydrogens (tertiary/aromatic N) is 2. The van der Waals surface area contributed by atoms with Gasteiger partial charge in [0.05, 0.1) is 5.56 Å². The van der Waals surface area contributed by atoms with Crippen LogP contribution in [0, 0.1) is 0 Å². The van der Waals surface area contributed by atoms with Gasteiger partial charge in [-0.15, -0.1) is 0 Å². The van der Waals surface area contributed by atoms with E-state index in [2.05, 4.69) is 16.8 Å². The molecule has 0 bridgehead atoms. The summed E-state index contributed by atoms with van der Waals surface area (Å²) in [4.78, 5) is 16.7. The maximum atomic E-state index is 12.3. The molecule has 0 unspecified atom stereocenters. The van der Waals surface area contributed by atoms with Crippen LogP contribution >= 0.6 is 11.3 Å². The van der Waals surface area contributed by atoms with E-state index in [9.17, 15) is 4.79 Å². The Hall–Kier alpha value is -0.870. The van der Waals surface area contributed by atoms with Crippen LogP contribution in [0.25, 0.3) is 0 Å². The molecule has 1 aromatic heterocycles. The Kier molecular flexibility index (Phi) is 2.48. The SMILES string of the molecule is CN1CC[C@@H]2[C@@H]1CCN2C(=O)c1ccsc1. The Bertz CT molecular complexity index is 390. The van der Waals surface area contributed by atoms with Crippen molar-refractivity contribution in [3.8, 4) is 0 Å². The minimum Gasteiger partial charge on any atom is -0.334 e. The Labute approximate surface area is 99.7 Å². The zero-order valence-corrected chi connectivity index (χ0v) is 10.2. The van der Waals surface area contributed by atoms with Crippen LogP contribution < -0.4 is 0 Å². The first-order valence-electron chi connectivity index (χ1n) is 5.81. The minimum absolute atomic E-state index is 0.226. The normalized spacial score (nSPS) is 29.7. The standard InChI is InChI=1S/C12H16N2OS/c1-13-5-2-11-10(13)3-6-14(11)12(15)9-4-7-16-8-9/h4,7-8,10-11H,2-3,5-6H2,1H3/t10-,11+/m0/s1. The van der Waals surface area contributed by atoms with E-state index in [4.69, 9.17) is 0 Å². The fraction of sp³-hybridized carbons (Fsp3) is 0.583. The summed E-state index contributed by atoms with van der Waals surface area (Å²) >= 11 is 1.59. The first kappa shape index (κ1) is 10.3. The summed E-state index contributed by atoms with van der Waals surface area (Å²) in [5.74, 6) is 0.226. The molecule has 0 N–H and O–H groups in total. The molecule has 16 heavy (non-hydrogen) atoms. The molecule has 0 spiro atoms. The van der Waals surface area contributed by atoms with E-state index in [1.165, 1.54) is 0 Å². The van der Waals surface area contributed by atoms with Crippen LogP contribution in [0.1, 0.15) is 23.2 Å². The Morgan fingerprint density at radius 1 is 1.38 bits per heavy atom. The van der Waals surface area contributed by atoms with Crippen molar-refractivity contribution in [2.45, 2.75) is 24.9 Å². The number of hydrogen-bond donors (Lipinski definition) is 0. The molecule has 1 amide bonds.